The first-order valence-corrected chi connectivity index (χ1v) is 12.7. The van der Waals surface area contributed by atoms with E-state index in [0.717, 1.165) is 11.3 Å². The van der Waals surface area contributed by atoms with Crippen LogP contribution < -0.4 is 25.5 Å². The summed E-state index contributed by atoms with van der Waals surface area (Å²) in [5, 5.41) is 10.5. The zero-order valence-electron chi connectivity index (χ0n) is 21.5. The summed E-state index contributed by atoms with van der Waals surface area (Å²) in [5.74, 6) is 0.860. The Morgan fingerprint density at radius 1 is 1.03 bits per heavy atom. The van der Waals surface area contributed by atoms with E-state index in [-0.39, 0.29) is 13.2 Å². The second-order valence-electron chi connectivity index (χ2n) is 8.40. The number of amides is 1. The van der Waals surface area contributed by atoms with Crippen molar-refractivity contribution in [1.29, 1.82) is 0 Å². The number of allylic oxidation sites excluding steroid dienone is 1. The molecule has 0 saturated carbocycles. The van der Waals surface area contributed by atoms with Crippen LogP contribution in [0.3, 0.4) is 0 Å². The normalized spacial score (nSPS) is 14.8. The smallest absolute Gasteiger partial charge is 0.338 e. The molecule has 39 heavy (non-hydrogen) atoms. The molecule has 3 aromatic carbocycles. The van der Waals surface area contributed by atoms with E-state index in [1.807, 2.05) is 60.7 Å². The molecular formula is C29H28N4O5S. The van der Waals surface area contributed by atoms with Crippen LogP contribution in [-0.2, 0) is 14.3 Å². The van der Waals surface area contributed by atoms with Gasteiger partial charge in [-0.15, -0.1) is 0 Å². The molecular weight excluding hydrogens is 516 g/mol. The molecule has 0 spiro atoms. The third kappa shape index (κ3) is 7.42. The lowest BCUT2D eigenvalue weighted by molar-refractivity contribution is -0.139. The van der Waals surface area contributed by atoms with E-state index < -0.39 is 17.9 Å². The van der Waals surface area contributed by atoms with Crippen LogP contribution in [0.15, 0.2) is 95.2 Å². The number of thiocarbonyl (C=S) groups is 1. The third-order valence-electron chi connectivity index (χ3n) is 5.59. The summed E-state index contributed by atoms with van der Waals surface area (Å²) < 4.78 is 16.9. The van der Waals surface area contributed by atoms with Gasteiger partial charge in [0.15, 0.2) is 11.7 Å². The molecule has 200 valence electrons. The molecule has 1 atom stereocenters. The number of hydrogen-bond acceptors (Lipinski definition) is 7. The number of ether oxygens (including phenoxy) is 3. The Labute approximate surface area is 231 Å². The maximum absolute atomic E-state index is 12.7. The van der Waals surface area contributed by atoms with Crippen molar-refractivity contribution in [3.63, 3.8) is 0 Å². The van der Waals surface area contributed by atoms with Gasteiger partial charge in [-0.3, -0.25) is 4.79 Å². The molecule has 0 fully saturated rings. The molecule has 9 nitrogen and oxygen atoms in total. The second kappa shape index (κ2) is 13.2. The largest absolute Gasteiger partial charge is 0.483 e. The topological polar surface area (TPSA) is 110 Å². The Bertz CT molecular complexity index is 1410. The highest BCUT2D eigenvalue weighted by molar-refractivity contribution is 7.80. The second-order valence-corrected chi connectivity index (χ2v) is 8.81. The van der Waals surface area contributed by atoms with Crippen molar-refractivity contribution in [1.82, 2.24) is 16.1 Å². The fourth-order valence-corrected chi connectivity index (χ4v) is 4.17. The Hall–Kier alpha value is -4.70. The summed E-state index contributed by atoms with van der Waals surface area (Å²) in [6.07, 6.45) is 1.52. The minimum atomic E-state index is -0.611. The Kier molecular flexibility index (Phi) is 9.25. The molecule has 4 rings (SSSR count). The molecule has 3 aromatic rings. The number of nitrogens with zero attached hydrogens (tertiary/aromatic N) is 1. The van der Waals surface area contributed by atoms with Crippen LogP contribution in [0, 0.1) is 0 Å². The Morgan fingerprint density at radius 3 is 2.56 bits per heavy atom. The molecule has 1 heterocycles. The SMILES string of the molecule is CCOC(=O)C1=C(C)NC(=S)N[C@H]1c1ccccc1OCC(=O)NN=Cc1cccc(Oc2ccccc2)c1. The van der Waals surface area contributed by atoms with Gasteiger partial charge in [0, 0.05) is 11.3 Å². The van der Waals surface area contributed by atoms with Crippen molar-refractivity contribution in [2.75, 3.05) is 13.2 Å². The highest BCUT2D eigenvalue weighted by Crippen LogP contribution is 2.33. The molecule has 3 N–H and O–H groups in total. The van der Waals surface area contributed by atoms with E-state index in [1.54, 1.807) is 32.0 Å². The van der Waals surface area contributed by atoms with Gasteiger partial charge in [-0.05, 0) is 62.0 Å². The van der Waals surface area contributed by atoms with E-state index in [1.165, 1.54) is 6.21 Å². The molecule has 0 aliphatic carbocycles. The molecule has 0 radical (unpaired) electrons. The first-order valence-electron chi connectivity index (χ1n) is 12.3. The molecule has 0 unspecified atom stereocenters. The number of hydrogen-bond donors (Lipinski definition) is 3. The van der Waals surface area contributed by atoms with Gasteiger partial charge in [-0.2, -0.15) is 5.10 Å². The van der Waals surface area contributed by atoms with Gasteiger partial charge in [0.2, 0.25) is 0 Å². The number of hydrazone groups is 1. The van der Waals surface area contributed by atoms with Crippen molar-refractivity contribution >= 4 is 35.4 Å². The van der Waals surface area contributed by atoms with E-state index in [0.29, 0.717) is 33.4 Å². The summed E-state index contributed by atoms with van der Waals surface area (Å²) >= 11 is 5.30. The number of esters is 1. The first kappa shape index (κ1) is 27.3. The molecule has 1 aliphatic rings. The van der Waals surface area contributed by atoms with Gasteiger partial charge >= 0.3 is 5.97 Å². The van der Waals surface area contributed by atoms with E-state index in [9.17, 15) is 9.59 Å². The Morgan fingerprint density at radius 2 is 1.77 bits per heavy atom. The highest BCUT2D eigenvalue weighted by atomic mass is 32.1. The number of carbonyl (C=O) groups excluding carboxylic acids is 2. The molecule has 0 bridgehead atoms. The first-order chi connectivity index (χ1) is 18.9. The van der Waals surface area contributed by atoms with Crippen molar-refractivity contribution in [2.45, 2.75) is 19.9 Å². The van der Waals surface area contributed by atoms with Gasteiger partial charge in [0.1, 0.15) is 17.2 Å². The van der Waals surface area contributed by atoms with Crippen LogP contribution in [-0.4, -0.2) is 36.4 Å². The third-order valence-corrected chi connectivity index (χ3v) is 5.81. The molecule has 1 aliphatic heterocycles. The lowest BCUT2D eigenvalue weighted by Crippen LogP contribution is -2.45. The maximum Gasteiger partial charge on any atom is 0.338 e. The zero-order chi connectivity index (χ0) is 27.6. The van der Waals surface area contributed by atoms with Crippen LogP contribution >= 0.6 is 12.2 Å². The van der Waals surface area contributed by atoms with Gasteiger partial charge in [0.25, 0.3) is 5.91 Å². The predicted octanol–water partition coefficient (Wildman–Crippen LogP) is 4.36. The lowest BCUT2D eigenvalue weighted by atomic mass is 9.95. The average Bonchev–Trinajstić information content (AvgIpc) is 2.92. The van der Waals surface area contributed by atoms with Crippen LogP contribution in [0.1, 0.15) is 31.0 Å². The van der Waals surface area contributed by atoms with Gasteiger partial charge in [-0.1, -0.05) is 48.5 Å². The highest BCUT2D eigenvalue weighted by Gasteiger charge is 2.32. The van der Waals surface area contributed by atoms with Gasteiger partial charge in [0.05, 0.1) is 24.4 Å². The molecule has 0 saturated heterocycles. The number of benzene rings is 3. The molecule has 10 heteroatoms. The van der Waals surface area contributed by atoms with Crippen molar-refractivity contribution in [2.24, 2.45) is 5.10 Å². The summed E-state index contributed by atoms with van der Waals surface area (Å²) in [7, 11) is 0. The van der Waals surface area contributed by atoms with Gasteiger partial charge in [-0.25, -0.2) is 10.2 Å². The standard InChI is InChI=1S/C29H28N4O5S/c1-3-36-28(35)26-19(2)31-29(39)32-27(26)23-14-7-8-15-24(23)37-18-25(34)33-30-17-20-10-9-13-22(16-20)38-21-11-5-4-6-12-21/h4-17,27H,3,18H2,1-2H3,(H,33,34)(H2,31,32,39)/t27-/m0/s1. The summed E-state index contributed by atoms with van der Waals surface area (Å²) in [4.78, 5) is 25.2. The van der Waals surface area contributed by atoms with E-state index in [4.69, 9.17) is 26.4 Å². The van der Waals surface area contributed by atoms with E-state index in [2.05, 4.69) is 21.2 Å². The number of rotatable bonds is 10. The lowest BCUT2D eigenvalue weighted by Gasteiger charge is -2.30. The summed E-state index contributed by atoms with van der Waals surface area (Å²) in [6, 6.07) is 23.3. The molecule has 0 aromatic heterocycles. The van der Waals surface area contributed by atoms with Crippen LogP contribution in [0.5, 0.6) is 17.2 Å². The monoisotopic (exact) mass is 544 g/mol. The van der Waals surface area contributed by atoms with Crippen LogP contribution in [0.2, 0.25) is 0 Å². The molecule has 1 amide bonds. The van der Waals surface area contributed by atoms with Crippen LogP contribution in [0.25, 0.3) is 0 Å². The Balaban J connectivity index is 1.39. The van der Waals surface area contributed by atoms with Gasteiger partial charge < -0.3 is 24.8 Å². The fourth-order valence-electron chi connectivity index (χ4n) is 3.89. The summed E-state index contributed by atoms with van der Waals surface area (Å²) in [6.45, 7) is 3.43. The predicted molar refractivity (Wildman–Crippen MR) is 152 cm³/mol. The maximum atomic E-state index is 12.7. The number of carbonyl (C=O) groups is 2. The quantitative estimate of drug-likeness (QED) is 0.149. The van der Waals surface area contributed by atoms with Crippen LogP contribution in [0.4, 0.5) is 0 Å². The van der Waals surface area contributed by atoms with Crippen molar-refractivity contribution in [3.05, 3.63) is 101 Å². The van der Waals surface area contributed by atoms with Crippen molar-refractivity contribution < 1.29 is 23.8 Å². The summed E-state index contributed by atoms with van der Waals surface area (Å²) in [5.41, 5.74) is 4.81. The van der Waals surface area contributed by atoms with E-state index >= 15 is 0 Å². The number of para-hydroxylation sites is 2. The minimum Gasteiger partial charge on any atom is -0.483 e. The van der Waals surface area contributed by atoms with Crippen molar-refractivity contribution in [3.8, 4) is 17.2 Å². The average molecular weight is 545 g/mol. The zero-order valence-corrected chi connectivity index (χ0v) is 22.3. The fraction of sp³-hybridized carbons (Fsp3) is 0.172. The minimum absolute atomic E-state index is 0.232. The number of nitrogens with one attached hydrogen (secondary N) is 3.